The molecule has 0 saturated heterocycles. The number of aromatic nitrogens is 2. The lowest BCUT2D eigenvalue weighted by atomic mass is 9.99. The van der Waals surface area contributed by atoms with Crippen LogP contribution >= 0.6 is 12.4 Å². The van der Waals surface area contributed by atoms with Crippen LogP contribution in [0, 0.1) is 0 Å². The molecule has 0 unspecified atom stereocenters. The van der Waals surface area contributed by atoms with Crippen LogP contribution in [-0.4, -0.2) is 16.2 Å². The van der Waals surface area contributed by atoms with Crippen LogP contribution in [0.4, 0.5) is 0 Å². The number of hydrogen-bond donors (Lipinski definition) is 1. The highest BCUT2D eigenvalue weighted by atomic mass is 35.5. The minimum absolute atomic E-state index is 0. The van der Waals surface area contributed by atoms with E-state index in [1.165, 1.54) is 0 Å². The number of halogens is 1. The van der Waals surface area contributed by atoms with Gasteiger partial charge in [0.05, 0.1) is 18.1 Å². The van der Waals surface area contributed by atoms with Crippen LogP contribution in [0.1, 0.15) is 56.8 Å². The van der Waals surface area contributed by atoms with Gasteiger partial charge in [0.2, 0.25) is 5.89 Å². The zero-order chi connectivity index (χ0) is 15.6. The van der Waals surface area contributed by atoms with E-state index >= 15 is 0 Å². The fourth-order valence-electron chi connectivity index (χ4n) is 2.94. The Morgan fingerprint density at radius 1 is 1.26 bits per heavy atom. The summed E-state index contributed by atoms with van der Waals surface area (Å²) in [6.45, 7) is 4.03. The fraction of sp³-hybridized carbons (Fsp3) is 0.529. The second-order valence-electron chi connectivity index (χ2n) is 6.33. The number of rotatable bonds is 5. The highest BCUT2D eigenvalue weighted by Gasteiger charge is 2.35. The van der Waals surface area contributed by atoms with E-state index in [1.807, 2.05) is 38.1 Å². The SMILES string of the molecule is CC(C)Oc1ccccc1Cc1nc(C2(N)CCCC2)no1.Cl. The summed E-state index contributed by atoms with van der Waals surface area (Å²) in [5.74, 6) is 2.09. The minimum Gasteiger partial charge on any atom is -0.491 e. The molecule has 0 radical (unpaired) electrons. The van der Waals surface area contributed by atoms with Gasteiger partial charge in [-0.25, -0.2) is 0 Å². The number of benzene rings is 1. The molecule has 6 heteroatoms. The molecule has 1 aliphatic carbocycles. The Bertz CT molecular complexity index is 636. The van der Waals surface area contributed by atoms with Crippen molar-refractivity contribution < 1.29 is 9.26 Å². The van der Waals surface area contributed by atoms with Gasteiger partial charge in [-0.05, 0) is 32.8 Å². The summed E-state index contributed by atoms with van der Waals surface area (Å²) in [6.07, 6.45) is 4.81. The third-order valence-corrected chi connectivity index (χ3v) is 4.09. The molecule has 0 spiro atoms. The molecule has 1 saturated carbocycles. The van der Waals surface area contributed by atoms with Gasteiger partial charge < -0.3 is 15.0 Å². The molecule has 0 amide bonds. The predicted molar refractivity (Wildman–Crippen MR) is 90.9 cm³/mol. The smallest absolute Gasteiger partial charge is 0.231 e. The van der Waals surface area contributed by atoms with E-state index in [-0.39, 0.29) is 18.5 Å². The quantitative estimate of drug-likeness (QED) is 0.902. The molecule has 0 bridgehead atoms. The van der Waals surface area contributed by atoms with E-state index in [2.05, 4.69) is 10.1 Å². The Hall–Kier alpha value is -1.59. The van der Waals surface area contributed by atoms with Crippen LogP contribution in [0.2, 0.25) is 0 Å². The highest BCUT2D eigenvalue weighted by Crippen LogP contribution is 2.34. The zero-order valence-corrected chi connectivity index (χ0v) is 14.4. The van der Waals surface area contributed by atoms with E-state index in [4.69, 9.17) is 15.0 Å². The Balaban J connectivity index is 0.00000192. The van der Waals surface area contributed by atoms with Crippen molar-refractivity contribution in [1.29, 1.82) is 0 Å². The van der Waals surface area contributed by atoms with Crippen molar-refractivity contribution >= 4 is 12.4 Å². The summed E-state index contributed by atoms with van der Waals surface area (Å²) in [6, 6.07) is 7.94. The zero-order valence-electron chi connectivity index (χ0n) is 13.6. The molecule has 2 aromatic rings. The molecule has 3 rings (SSSR count). The Labute approximate surface area is 143 Å². The first-order chi connectivity index (χ1) is 10.6. The average molecular weight is 338 g/mol. The van der Waals surface area contributed by atoms with Crippen molar-refractivity contribution in [1.82, 2.24) is 10.1 Å². The third-order valence-electron chi connectivity index (χ3n) is 4.09. The van der Waals surface area contributed by atoms with Crippen molar-refractivity contribution in [3.05, 3.63) is 41.5 Å². The van der Waals surface area contributed by atoms with E-state index in [1.54, 1.807) is 0 Å². The van der Waals surface area contributed by atoms with Gasteiger partial charge in [0.15, 0.2) is 5.82 Å². The van der Waals surface area contributed by atoms with Gasteiger partial charge in [0, 0.05) is 5.56 Å². The molecule has 23 heavy (non-hydrogen) atoms. The Morgan fingerprint density at radius 3 is 2.65 bits per heavy atom. The van der Waals surface area contributed by atoms with E-state index in [9.17, 15) is 0 Å². The number of para-hydroxylation sites is 1. The lowest BCUT2D eigenvalue weighted by Crippen LogP contribution is -2.34. The van der Waals surface area contributed by atoms with Gasteiger partial charge >= 0.3 is 0 Å². The first-order valence-corrected chi connectivity index (χ1v) is 7.93. The molecule has 5 nitrogen and oxygen atoms in total. The second kappa shape index (κ2) is 7.32. The molecule has 1 heterocycles. The number of ether oxygens (including phenoxy) is 1. The summed E-state index contributed by atoms with van der Waals surface area (Å²) in [5.41, 5.74) is 7.01. The fourth-order valence-corrected chi connectivity index (χ4v) is 2.94. The summed E-state index contributed by atoms with van der Waals surface area (Å²) in [5, 5.41) is 4.10. The Kier molecular flexibility index (Phi) is 5.65. The average Bonchev–Trinajstić information content (AvgIpc) is 3.11. The van der Waals surface area contributed by atoms with Crippen LogP contribution in [0.5, 0.6) is 5.75 Å². The lowest BCUT2D eigenvalue weighted by Gasteiger charge is -2.17. The minimum atomic E-state index is -0.407. The topological polar surface area (TPSA) is 74.2 Å². The van der Waals surface area contributed by atoms with Gasteiger partial charge in [0.1, 0.15) is 5.75 Å². The van der Waals surface area contributed by atoms with Gasteiger partial charge in [-0.15, -0.1) is 12.4 Å². The van der Waals surface area contributed by atoms with Crippen molar-refractivity contribution in [3.63, 3.8) is 0 Å². The number of nitrogens with two attached hydrogens (primary N) is 1. The van der Waals surface area contributed by atoms with Gasteiger partial charge in [0.25, 0.3) is 0 Å². The third kappa shape index (κ3) is 4.03. The maximum atomic E-state index is 6.37. The molecule has 0 aliphatic heterocycles. The first kappa shape index (κ1) is 17.8. The molecule has 126 valence electrons. The summed E-state index contributed by atoms with van der Waals surface area (Å²) in [4.78, 5) is 4.52. The van der Waals surface area contributed by atoms with Crippen molar-refractivity contribution in [2.24, 2.45) is 5.73 Å². The van der Waals surface area contributed by atoms with Crippen LogP contribution in [0.3, 0.4) is 0 Å². The van der Waals surface area contributed by atoms with Crippen LogP contribution in [0.15, 0.2) is 28.8 Å². The summed E-state index contributed by atoms with van der Waals surface area (Å²) < 4.78 is 11.2. The molecule has 1 aromatic carbocycles. The number of hydrogen-bond acceptors (Lipinski definition) is 5. The summed E-state index contributed by atoms with van der Waals surface area (Å²) in [7, 11) is 0. The van der Waals surface area contributed by atoms with E-state index < -0.39 is 5.54 Å². The standard InChI is InChI=1S/C17H23N3O2.ClH/c1-12(2)21-14-8-4-3-7-13(14)11-15-19-16(20-22-15)17(18)9-5-6-10-17;/h3-4,7-8,12H,5-6,9-11,18H2,1-2H3;1H. The molecule has 1 aliphatic rings. The maximum absolute atomic E-state index is 6.37. The highest BCUT2D eigenvalue weighted by molar-refractivity contribution is 5.85. The monoisotopic (exact) mass is 337 g/mol. The molecule has 1 fully saturated rings. The molecule has 0 atom stereocenters. The van der Waals surface area contributed by atoms with Crippen LogP contribution in [0.25, 0.3) is 0 Å². The lowest BCUT2D eigenvalue weighted by molar-refractivity contribution is 0.239. The van der Waals surface area contributed by atoms with Gasteiger partial charge in [-0.2, -0.15) is 4.98 Å². The van der Waals surface area contributed by atoms with Crippen molar-refractivity contribution in [2.45, 2.75) is 57.6 Å². The molecular formula is C17H24ClN3O2. The van der Waals surface area contributed by atoms with E-state index in [0.717, 1.165) is 37.0 Å². The van der Waals surface area contributed by atoms with Crippen molar-refractivity contribution in [2.75, 3.05) is 0 Å². The normalized spacial score (nSPS) is 16.3. The van der Waals surface area contributed by atoms with Gasteiger partial charge in [-0.1, -0.05) is 36.2 Å². The molecular weight excluding hydrogens is 314 g/mol. The van der Waals surface area contributed by atoms with E-state index in [0.29, 0.717) is 18.1 Å². The molecule has 1 aromatic heterocycles. The molecule has 2 N–H and O–H groups in total. The largest absolute Gasteiger partial charge is 0.491 e. The van der Waals surface area contributed by atoms with Gasteiger partial charge in [-0.3, -0.25) is 0 Å². The van der Waals surface area contributed by atoms with Crippen molar-refractivity contribution in [3.8, 4) is 5.75 Å². The van der Waals surface area contributed by atoms with Crippen LogP contribution in [-0.2, 0) is 12.0 Å². The predicted octanol–water partition coefficient (Wildman–Crippen LogP) is 3.60. The Morgan fingerprint density at radius 2 is 1.96 bits per heavy atom. The summed E-state index contributed by atoms with van der Waals surface area (Å²) >= 11 is 0. The van der Waals surface area contributed by atoms with Crippen LogP contribution < -0.4 is 10.5 Å². The maximum Gasteiger partial charge on any atom is 0.231 e. The first-order valence-electron chi connectivity index (χ1n) is 7.93. The second-order valence-corrected chi connectivity index (χ2v) is 6.33. The number of nitrogens with zero attached hydrogens (tertiary/aromatic N) is 2.